The molecule has 8 nitrogen and oxygen atoms in total. The molecule has 3 aromatic rings. The van der Waals surface area contributed by atoms with Crippen LogP contribution in [0.2, 0.25) is 0 Å². The van der Waals surface area contributed by atoms with Gasteiger partial charge >= 0.3 is 0 Å². The van der Waals surface area contributed by atoms with E-state index in [4.69, 9.17) is 5.73 Å². The summed E-state index contributed by atoms with van der Waals surface area (Å²) < 4.78 is 27.5. The first-order chi connectivity index (χ1) is 13.4. The number of alkyl halides is 2. The summed E-state index contributed by atoms with van der Waals surface area (Å²) in [6.07, 6.45) is 2.17. The van der Waals surface area contributed by atoms with Crippen molar-refractivity contribution in [3.8, 4) is 0 Å². The van der Waals surface area contributed by atoms with Gasteiger partial charge in [0.05, 0.1) is 17.4 Å². The summed E-state index contributed by atoms with van der Waals surface area (Å²) in [6.45, 7) is 1.51. The number of carbonyl (C=O) groups excluding carboxylic acids is 1. The zero-order chi connectivity index (χ0) is 19.8. The second-order valence-corrected chi connectivity index (χ2v) is 7.59. The molecule has 0 aliphatic carbocycles. The van der Waals surface area contributed by atoms with Crippen LogP contribution in [0.1, 0.15) is 35.3 Å². The number of anilines is 2. The van der Waals surface area contributed by atoms with E-state index in [9.17, 15) is 13.6 Å². The largest absolute Gasteiger partial charge is 0.354 e. The van der Waals surface area contributed by atoms with E-state index in [1.165, 1.54) is 29.3 Å². The molecule has 0 bridgehead atoms. The average Bonchev–Trinajstić information content (AvgIpc) is 3.24. The lowest BCUT2D eigenvalue weighted by Crippen LogP contribution is -2.43. The number of nitrogens with one attached hydrogen (secondary N) is 1. The first-order valence-corrected chi connectivity index (χ1v) is 9.68. The van der Waals surface area contributed by atoms with Gasteiger partial charge in [-0.1, -0.05) is 0 Å². The smallest absolute Gasteiger partial charge is 0.284 e. The fourth-order valence-corrected chi connectivity index (χ4v) is 4.11. The van der Waals surface area contributed by atoms with E-state index in [1.54, 1.807) is 11.6 Å². The number of hydrogen-bond donors (Lipinski definition) is 2. The highest BCUT2D eigenvalue weighted by atomic mass is 32.1. The molecule has 1 aliphatic rings. The van der Waals surface area contributed by atoms with E-state index >= 15 is 0 Å². The van der Waals surface area contributed by atoms with Crippen molar-refractivity contribution in [1.29, 1.82) is 0 Å². The molecule has 148 valence electrons. The highest BCUT2D eigenvalue weighted by Gasteiger charge is 2.23. The van der Waals surface area contributed by atoms with Crippen LogP contribution in [-0.2, 0) is 7.05 Å². The highest BCUT2D eigenvalue weighted by molar-refractivity contribution is 7.17. The van der Waals surface area contributed by atoms with E-state index in [2.05, 4.69) is 25.3 Å². The first-order valence-electron chi connectivity index (χ1n) is 8.80. The number of nitrogens with two attached hydrogens (primary N) is 1. The minimum atomic E-state index is -2.79. The summed E-state index contributed by atoms with van der Waals surface area (Å²) >= 11 is 1.28. The maximum atomic E-state index is 13.1. The molecular formula is C17H19F2N7OS. The van der Waals surface area contributed by atoms with Crippen LogP contribution in [0.3, 0.4) is 0 Å². The van der Waals surface area contributed by atoms with E-state index < -0.39 is 18.0 Å². The van der Waals surface area contributed by atoms with Gasteiger partial charge in [0.15, 0.2) is 5.69 Å². The third kappa shape index (κ3) is 3.54. The molecule has 0 unspecified atom stereocenters. The molecule has 1 aliphatic heterocycles. The van der Waals surface area contributed by atoms with Crippen LogP contribution in [-0.4, -0.2) is 44.8 Å². The van der Waals surface area contributed by atoms with Crippen molar-refractivity contribution < 1.29 is 13.6 Å². The number of halogens is 2. The number of aryl methyl sites for hydroxylation is 1. The molecule has 4 rings (SSSR count). The topological polar surface area (TPSA) is 102 Å². The van der Waals surface area contributed by atoms with Crippen molar-refractivity contribution in [2.45, 2.75) is 25.3 Å². The monoisotopic (exact) mass is 407 g/mol. The van der Waals surface area contributed by atoms with Gasteiger partial charge in [-0.3, -0.25) is 9.48 Å². The Labute approximate surface area is 163 Å². The van der Waals surface area contributed by atoms with Crippen molar-refractivity contribution in [1.82, 2.24) is 19.7 Å². The van der Waals surface area contributed by atoms with Crippen molar-refractivity contribution in [3.05, 3.63) is 29.0 Å². The Morgan fingerprint density at radius 1 is 1.46 bits per heavy atom. The maximum Gasteiger partial charge on any atom is 0.284 e. The molecular weight excluding hydrogens is 388 g/mol. The van der Waals surface area contributed by atoms with Crippen LogP contribution in [0.4, 0.5) is 20.3 Å². The van der Waals surface area contributed by atoms with Gasteiger partial charge in [0.2, 0.25) is 0 Å². The molecule has 1 fully saturated rings. The molecule has 3 N–H and O–H groups in total. The van der Waals surface area contributed by atoms with Crippen molar-refractivity contribution >= 4 is 39.1 Å². The van der Waals surface area contributed by atoms with E-state index in [0.29, 0.717) is 28.3 Å². The van der Waals surface area contributed by atoms with Crippen molar-refractivity contribution in [3.63, 3.8) is 0 Å². The zero-order valence-corrected chi connectivity index (χ0v) is 15.9. The molecule has 0 aromatic carbocycles. The fourth-order valence-electron chi connectivity index (χ4n) is 3.29. The number of rotatable bonds is 4. The Balaban J connectivity index is 1.63. The molecule has 1 saturated heterocycles. The second kappa shape index (κ2) is 7.40. The van der Waals surface area contributed by atoms with Crippen LogP contribution in [0.5, 0.6) is 0 Å². The lowest BCUT2D eigenvalue weighted by Gasteiger charge is -2.31. The van der Waals surface area contributed by atoms with Crippen LogP contribution < -0.4 is 16.0 Å². The number of carbonyl (C=O) groups is 1. The van der Waals surface area contributed by atoms with E-state index in [0.717, 1.165) is 19.4 Å². The van der Waals surface area contributed by atoms with Gasteiger partial charge in [-0.05, 0) is 12.8 Å². The minimum absolute atomic E-state index is 0.0204. The number of thiophene rings is 1. The van der Waals surface area contributed by atoms with Crippen LogP contribution in [0.15, 0.2) is 17.8 Å². The van der Waals surface area contributed by atoms with Crippen LogP contribution in [0, 0.1) is 0 Å². The maximum absolute atomic E-state index is 13.1. The molecule has 1 atom stereocenters. The molecule has 28 heavy (non-hydrogen) atoms. The normalized spacial score (nSPS) is 17.5. The summed E-state index contributed by atoms with van der Waals surface area (Å²) in [7, 11) is 1.52. The van der Waals surface area contributed by atoms with Gasteiger partial charge in [-0.25, -0.2) is 18.7 Å². The predicted molar refractivity (Wildman–Crippen MR) is 103 cm³/mol. The minimum Gasteiger partial charge on any atom is -0.354 e. The lowest BCUT2D eigenvalue weighted by atomic mass is 10.1. The van der Waals surface area contributed by atoms with Crippen molar-refractivity contribution in [2.75, 3.05) is 23.3 Å². The van der Waals surface area contributed by atoms with Gasteiger partial charge in [0.1, 0.15) is 16.2 Å². The Kier molecular flexibility index (Phi) is 4.94. The average molecular weight is 407 g/mol. The summed E-state index contributed by atoms with van der Waals surface area (Å²) in [5, 5.41) is 7.84. The summed E-state index contributed by atoms with van der Waals surface area (Å²) in [4.78, 5) is 24.4. The number of nitrogens with zero attached hydrogens (tertiary/aromatic N) is 5. The SMILES string of the molecule is Cn1cc(NC(=O)c2csc3ncc(N4CCC[C@@H](N)C4)nc23)c(C(F)F)n1. The quantitative estimate of drug-likeness (QED) is 0.689. The summed E-state index contributed by atoms with van der Waals surface area (Å²) in [5.41, 5.74) is 6.29. The molecule has 11 heteroatoms. The Bertz CT molecular complexity index is 1020. The number of amides is 1. The van der Waals surface area contributed by atoms with Gasteiger partial charge in [-0.2, -0.15) is 5.10 Å². The molecule has 4 heterocycles. The molecule has 3 aromatic heterocycles. The number of fused-ring (bicyclic) bond motifs is 1. The molecule has 1 amide bonds. The van der Waals surface area contributed by atoms with Crippen molar-refractivity contribution in [2.24, 2.45) is 12.8 Å². The predicted octanol–water partition coefficient (Wildman–Crippen LogP) is 2.54. The number of piperidine rings is 1. The number of aromatic nitrogens is 4. The Morgan fingerprint density at radius 2 is 2.29 bits per heavy atom. The zero-order valence-electron chi connectivity index (χ0n) is 15.1. The Hall–Kier alpha value is -2.66. The van der Waals surface area contributed by atoms with E-state index in [-0.39, 0.29) is 11.7 Å². The van der Waals surface area contributed by atoms with Gasteiger partial charge in [0.25, 0.3) is 12.3 Å². The summed E-state index contributed by atoms with van der Waals surface area (Å²) in [5.74, 6) is 0.132. The highest BCUT2D eigenvalue weighted by Crippen LogP contribution is 2.29. The molecule has 0 saturated carbocycles. The van der Waals surface area contributed by atoms with Crippen LogP contribution >= 0.6 is 11.3 Å². The second-order valence-electron chi connectivity index (χ2n) is 6.74. The Morgan fingerprint density at radius 3 is 3.04 bits per heavy atom. The standard InChI is InChI=1S/C17H19F2N7OS/c1-25-7-11(14(24-25)15(18)19)22-16(27)10-8-28-17-13(10)23-12(5-21-17)26-4-2-3-9(20)6-26/h5,7-9,15H,2-4,6,20H2,1H3,(H,22,27)/t9-/m1/s1. The van der Waals surface area contributed by atoms with Crippen LogP contribution in [0.25, 0.3) is 10.3 Å². The van der Waals surface area contributed by atoms with Gasteiger partial charge in [0, 0.05) is 37.8 Å². The summed E-state index contributed by atoms with van der Waals surface area (Å²) in [6, 6.07) is 0.0786. The third-order valence-electron chi connectivity index (χ3n) is 4.61. The van der Waals surface area contributed by atoms with E-state index in [1.807, 2.05) is 0 Å². The molecule has 0 spiro atoms. The fraction of sp³-hybridized carbons (Fsp3) is 0.412. The third-order valence-corrected chi connectivity index (χ3v) is 5.48. The lowest BCUT2D eigenvalue weighted by molar-refractivity contribution is 0.102. The number of hydrogen-bond acceptors (Lipinski definition) is 7. The first kappa shape index (κ1) is 18.7. The van der Waals surface area contributed by atoms with Gasteiger partial charge in [-0.15, -0.1) is 11.3 Å². The molecule has 0 radical (unpaired) electrons. The van der Waals surface area contributed by atoms with Gasteiger partial charge < -0.3 is 16.0 Å².